The number of hydrogen-bond donors (Lipinski definition) is 1. The second-order valence-corrected chi connectivity index (χ2v) is 8.31. The first-order valence-corrected chi connectivity index (χ1v) is 9.27. The van der Waals surface area contributed by atoms with Crippen molar-refractivity contribution in [2.75, 3.05) is 30.3 Å². The third kappa shape index (κ3) is 4.40. The fourth-order valence-corrected chi connectivity index (χ4v) is 4.20. The maximum Gasteiger partial charge on any atom is 0.0415 e. The van der Waals surface area contributed by atoms with Gasteiger partial charge in [-0.05, 0) is 44.9 Å². The average Bonchev–Trinajstić information content (AvgIpc) is 2.47. The lowest BCUT2D eigenvalue weighted by molar-refractivity contribution is 0.516. The SMILES string of the molecule is CCCNC(CC)c1ccccc1N1CCSC(C)(C)C1. The van der Waals surface area contributed by atoms with Gasteiger partial charge in [0, 0.05) is 35.3 Å². The zero-order chi connectivity index (χ0) is 15.3. The average molecular weight is 307 g/mol. The second kappa shape index (κ2) is 7.55. The molecule has 1 aromatic carbocycles. The molecule has 0 saturated carbocycles. The van der Waals surface area contributed by atoms with Crippen molar-refractivity contribution in [2.24, 2.45) is 0 Å². The molecule has 1 heterocycles. The number of rotatable bonds is 6. The van der Waals surface area contributed by atoms with E-state index in [1.54, 1.807) is 0 Å². The van der Waals surface area contributed by atoms with Crippen LogP contribution < -0.4 is 10.2 Å². The Morgan fingerprint density at radius 2 is 2.05 bits per heavy atom. The van der Waals surface area contributed by atoms with Gasteiger partial charge in [-0.2, -0.15) is 11.8 Å². The Labute approximate surface area is 134 Å². The largest absolute Gasteiger partial charge is 0.369 e. The lowest BCUT2D eigenvalue weighted by atomic mass is 10.0. The molecular formula is C18H30N2S. The summed E-state index contributed by atoms with van der Waals surface area (Å²) in [7, 11) is 0. The van der Waals surface area contributed by atoms with Crippen LogP contribution in [0.25, 0.3) is 0 Å². The van der Waals surface area contributed by atoms with Crippen LogP contribution in [0.5, 0.6) is 0 Å². The molecule has 2 nitrogen and oxygen atoms in total. The van der Waals surface area contributed by atoms with Gasteiger partial charge in [0.2, 0.25) is 0 Å². The number of nitrogens with one attached hydrogen (secondary N) is 1. The highest BCUT2D eigenvalue weighted by molar-refractivity contribution is 8.00. The molecule has 1 unspecified atom stereocenters. The van der Waals surface area contributed by atoms with Crippen LogP contribution in [0.1, 0.15) is 52.1 Å². The van der Waals surface area contributed by atoms with E-state index >= 15 is 0 Å². The van der Waals surface area contributed by atoms with Crippen molar-refractivity contribution in [3.8, 4) is 0 Å². The van der Waals surface area contributed by atoms with Crippen LogP contribution in [-0.2, 0) is 0 Å². The number of thioether (sulfide) groups is 1. The fourth-order valence-electron chi connectivity index (χ4n) is 3.09. The molecule has 0 spiro atoms. The lowest BCUT2D eigenvalue weighted by Gasteiger charge is -2.40. The zero-order valence-electron chi connectivity index (χ0n) is 14.0. The molecule has 1 saturated heterocycles. The number of benzene rings is 1. The van der Waals surface area contributed by atoms with Crippen molar-refractivity contribution in [1.29, 1.82) is 0 Å². The first-order valence-electron chi connectivity index (χ1n) is 8.28. The van der Waals surface area contributed by atoms with E-state index in [0.29, 0.717) is 10.8 Å². The molecule has 1 aliphatic heterocycles. The normalized spacial score (nSPS) is 19.5. The van der Waals surface area contributed by atoms with Crippen LogP contribution in [-0.4, -0.2) is 30.1 Å². The van der Waals surface area contributed by atoms with Gasteiger partial charge in [-0.25, -0.2) is 0 Å². The minimum absolute atomic E-state index is 0.351. The number of nitrogens with zero attached hydrogens (tertiary/aromatic N) is 1. The molecule has 3 heteroatoms. The molecule has 1 aromatic rings. The van der Waals surface area contributed by atoms with Crippen LogP contribution in [0.3, 0.4) is 0 Å². The molecule has 118 valence electrons. The standard InChI is InChI=1S/C18H30N2S/c1-5-11-19-16(6-2)15-9-7-8-10-17(15)20-12-13-21-18(3,4)14-20/h7-10,16,19H,5-6,11-14H2,1-4H3. The van der Waals surface area contributed by atoms with E-state index in [9.17, 15) is 0 Å². The Kier molecular flexibility index (Phi) is 6.00. The molecule has 1 aliphatic rings. The van der Waals surface area contributed by atoms with Crippen molar-refractivity contribution >= 4 is 17.4 Å². The third-order valence-corrected chi connectivity index (χ3v) is 5.42. The van der Waals surface area contributed by atoms with E-state index in [0.717, 1.165) is 26.1 Å². The smallest absolute Gasteiger partial charge is 0.0415 e. The van der Waals surface area contributed by atoms with E-state index in [-0.39, 0.29) is 0 Å². The first-order chi connectivity index (χ1) is 10.1. The molecule has 2 rings (SSSR count). The highest BCUT2D eigenvalue weighted by Gasteiger charge is 2.28. The molecule has 0 aliphatic carbocycles. The molecular weight excluding hydrogens is 276 g/mol. The molecule has 1 fully saturated rings. The Morgan fingerprint density at radius 1 is 1.29 bits per heavy atom. The maximum absolute atomic E-state index is 3.70. The van der Waals surface area contributed by atoms with Crippen LogP contribution in [0.4, 0.5) is 5.69 Å². The minimum Gasteiger partial charge on any atom is -0.369 e. The highest BCUT2D eigenvalue weighted by atomic mass is 32.2. The van der Waals surface area contributed by atoms with Gasteiger partial charge < -0.3 is 10.2 Å². The summed E-state index contributed by atoms with van der Waals surface area (Å²) in [6, 6.07) is 9.44. The molecule has 1 atom stereocenters. The van der Waals surface area contributed by atoms with Gasteiger partial charge in [0.25, 0.3) is 0 Å². The van der Waals surface area contributed by atoms with Crippen LogP contribution in [0.2, 0.25) is 0 Å². The maximum atomic E-state index is 3.70. The molecule has 0 aromatic heterocycles. The van der Waals surface area contributed by atoms with E-state index in [1.807, 2.05) is 0 Å². The van der Waals surface area contributed by atoms with Crippen molar-refractivity contribution < 1.29 is 0 Å². The van der Waals surface area contributed by atoms with Crippen LogP contribution >= 0.6 is 11.8 Å². The molecule has 1 N–H and O–H groups in total. The van der Waals surface area contributed by atoms with E-state index < -0.39 is 0 Å². The van der Waals surface area contributed by atoms with Gasteiger partial charge in [-0.15, -0.1) is 0 Å². The summed E-state index contributed by atoms with van der Waals surface area (Å²) in [4.78, 5) is 2.59. The lowest BCUT2D eigenvalue weighted by Crippen LogP contribution is -2.43. The number of hydrogen-bond acceptors (Lipinski definition) is 3. The van der Waals surface area contributed by atoms with Gasteiger partial charge >= 0.3 is 0 Å². The summed E-state index contributed by atoms with van der Waals surface area (Å²) in [6.45, 7) is 12.6. The Hall–Kier alpha value is -0.670. The van der Waals surface area contributed by atoms with Crippen molar-refractivity contribution in [3.05, 3.63) is 29.8 Å². The predicted molar refractivity (Wildman–Crippen MR) is 96.5 cm³/mol. The van der Waals surface area contributed by atoms with Crippen molar-refractivity contribution in [2.45, 2.75) is 51.3 Å². The van der Waals surface area contributed by atoms with E-state index in [2.05, 4.69) is 73.9 Å². The van der Waals surface area contributed by atoms with Crippen LogP contribution in [0.15, 0.2) is 24.3 Å². The molecule has 0 radical (unpaired) electrons. The van der Waals surface area contributed by atoms with Crippen molar-refractivity contribution in [3.63, 3.8) is 0 Å². The van der Waals surface area contributed by atoms with Crippen LogP contribution in [0, 0.1) is 0 Å². The summed E-state index contributed by atoms with van der Waals surface area (Å²) >= 11 is 2.10. The van der Waals surface area contributed by atoms with E-state index in [1.165, 1.54) is 23.4 Å². The third-order valence-electron chi connectivity index (χ3n) is 4.13. The molecule has 0 bridgehead atoms. The quantitative estimate of drug-likeness (QED) is 0.835. The first kappa shape index (κ1) is 16.7. The predicted octanol–water partition coefficient (Wildman–Crippen LogP) is 4.47. The minimum atomic E-state index is 0.351. The van der Waals surface area contributed by atoms with Crippen molar-refractivity contribution in [1.82, 2.24) is 5.32 Å². The summed E-state index contributed by atoms with van der Waals surface area (Å²) < 4.78 is 0.351. The summed E-state index contributed by atoms with van der Waals surface area (Å²) in [5, 5.41) is 3.70. The van der Waals surface area contributed by atoms with Gasteiger partial charge in [0.1, 0.15) is 0 Å². The number of anilines is 1. The van der Waals surface area contributed by atoms with Gasteiger partial charge in [-0.1, -0.05) is 32.0 Å². The highest BCUT2D eigenvalue weighted by Crippen LogP contribution is 2.35. The summed E-state index contributed by atoms with van der Waals surface area (Å²) in [6.07, 6.45) is 2.33. The van der Waals surface area contributed by atoms with E-state index in [4.69, 9.17) is 0 Å². The Bertz CT molecular complexity index is 445. The Balaban J connectivity index is 2.23. The summed E-state index contributed by atoms with van der Waals surface area (Å²) in [5.74, 6) is 1.22. The number of para-hydroxylation sites is 1. The molecule has 21 heavy (non-hydrogen) atoms. The summed E-state index contributed by atoms with van der Waals surface area (Å²) in [5.41, 5.74) is 2.90. The second-order valence-electron chi connectivity index (χ2n) is 6.50. The Morgan fingerprint density at radius 3 is 2.71 bits per heavy atom. The fraction of sp³-hybridized carbons (Fsp3) is 0.667. The monoisotopic (exact) mass is 306 g/mol. The van der Waals surface area contributed by atoms with Gasteiger partial charge in [0.05, 0.1) is 0 Å². The zero-order valence-corrected chi connectivity index (χ0v) is 14.8. The van der Waals surface area contributed by atoms with Gasteiger partial charge in [-0.3, -0.25) is 0 Å². The topological polar surface area (TPSA) is 15.3 Å². The van der Waals surface area contributed by atoms with Gasteiger partial charge in [0.15, 0.2) is 0 Å². The molecule has 0 amide bonds.